The minimum atomic E-state index is -0.956. The third-order valence-corrected chi connectivity index (χ3v) is 4.99. The van der Waals surface area contributed by atoms with Crippen LogP contribution in [0.5, 0.6) is 0 Å². The Hall–Kier alpha value is -1.97. The molecule has 8 heteroatoms. The van der Waals surface area contributed by atoms with Gasteiger partial charge in [-0.3, -0.25) is 0 Å². The summed E-state index contributed by atoms with van der Waals surface area (Å²) < 4.78 is 6.27. The lowest BCUT2D eigenvalue weighted by molar-refractivity contribution is 0.00852. The van der Waals surface area contributed by atoms with Crippen LogP contribution in [0.1, 0.15) is 31.1 Å². The fourth-order valence-corrected chi connectivity index (χ4v) is 3.61. The summed E-state index contributed by atoms with van der Waals surface area (Å²) in [7, 11) is 1.96. The molecule has 0 spiro atoms. The molecule has 140 valence electrons. The molecule has 2 aromatic rings. The standard InChI is InChI=1S/C18H22IN3O4/c1-18(2,3)26-17(25)22-8-10(9-22)21(4)13-6-5-11(16(23)24)15-12(13)7-14(19)20-15/h5-7,10,20H,8-9H2,1-4H3,(H,23,24). The molecular weight excluding hydrogens is 449 g/mol. The minimum Gasteiger partial charge on any atom is -0.478 e. The Bertz CT molecular complexity index is 865. The second-order valence-corrected chi connectivity index (χ2v) is 8.66. The first kappa shape index (κ1) is 18.8. The van der Waals surface area contributed by atoms with Gasteiger partial charge in [0.25, 0.3) is 0 Å². The number of carbonyl (C=O) groups excluding carboxylic acids is 1. The first-order chi connectivity index (χ1) is 12.1. The van der Waals surface area contributed by atoms with Crippen molar-refractivity contribution >= 4 is 51.2 Å². The van der Waals surface area contributed by atoms with E-state index in [2.05, 4.69) is 32.5 Å². The van der Waals surface area contributed by atoms with Crippen LogP contribution in [0.25, 0.3) is 10.9 Å². The van der Waals surface area contributed by atoms with Gasteiger partial charge >= 0.3 is 12.1 Å². The number of hydrogen-bond donors (Lipinski definition) is 2. The van der Waals surface area contributed by atoms with E-state index in [1.807, 2.05) is 40.0 Å². The lowest BCUT2D eigenvalue weighted by atomic mass is 10.0. The number of aromatic amines is 1. The number of nitrogens with one attached hydrogen (secondary N) is 1. The van der Waals surface area contributed by atoms with Crippen LogP contribution in [-0.4, -0.2) is 58.8 Å². The minimum absolute atomic E-state index is 0.161. The molecule has 0 aliphatic carbocycles. The number of aromatic nitrogens is 1. The number of carboxylic acids is 1. The largest absolute Gasteiger partial charge is 0.478 e. The number of halogens is 1. The van der Waals surface area contributed by atoms with Gasteiger partial charge in [0.1, 0.15) is 5.60 Å². The third-order valence-electron chi connectivity index (χ3n) is 4.41. The quantitative estimate of drug-likeness (QED) is 0.670. The lowest BCUT2D eigenvalue weighted by Crippen LogP contribution is -2.61. The summed E-state index contributed by atoms with van der Waals surface area (Å²) in [5.74, 6) is -0.956. The van der Waals surface area contributed by atoms with Crippen LogP contribution >= 0.6 is 22.6 Å². The molecule has 1 saturated heterocycles. The number of fused-ring (bicyclic) bond motifs is 1. The molecule has 0 bridgehead atoms. The Morgan fingerprint density at radius 2 is 2.00 bits per heavy atom. The molecule has 1 aromatic heterocycles. The molecule has 0 radical (unpaired) electrons. The van der Waals surface area contributed by atoms with Gasteiger partial charge in [-0.25, -0.2) is 9.59 Å². The van der Waals surface area contributed by atoms with Crippen LogP contribution in [0.3, 0.4) is 0 Å². The van der Waals surface area contributed by atoms with Gasteiger partial charge in [-0.15, -0.1) is 0 Å². The van der Waals surface area contributed by atoms with Crippen molar-refractivity contribution in [3.63, 3.8) is 0 Å². The number of likely N-dealkylation sites (N-methyl/N-ethyl adjacent to an activating group) is 1. The smallest absolute Gasteiger partial charge is 0.410 e. The zero-order valence-corrected chi connectivity index (χ0v) is 17.3. The molecule has 3 rings (SSSR count). The van der Waals surface area contributed by atoms with Gasteiger partial charge in [0.05, 0.1) is 20.8 Å². The van der Waals surface area contributed by atoms with Crippen LogP contribution in [0.15, 0.2) is 18.2 Å². The van der Waals surface area contributed by atoms with E-state index >= 15 is 0 Å². The van der Waals surface area contributed by atoms with Gasteiger partial charge in [0.15, 0.2) is 0 Å². The molecule has 0 atom stereocenters. The van der Waals surface area contributed by atoms with E-state index in [-0.39, 0.29) is 17.7 Å². The number of anilines is 1. The molecule has 2 N–H and O–H groups in total. The van der Waals surface area contributed by atoms with E-state index in [1.165, 1.54) is 0 Å². The molecule has 1 aromatic carbocycles. The number of rotatable bonds is 3. The van der Waals surface area contributed by atoms with E-state index in [1.54, 1.807) is 11.0 Å². The summed E-state index contributed by atoms with van der Waals surface area (Å²) in [4.78, 5) is 30.4. The van der Waals surface area contributed by atoms with Crippen molar-refractivity contribution in [2.24, 2.45) is 0 Å². The maximum atomic E-state index is 12.1. The molecule has 1 amide bonds. The van der Waals surface area contributed by atoms with Gasteiger partial charge in [-0.2, -0.15) is 0 Å². The summed E-state index contributed by atoms with van der Waals surface area (Å²) in [6.45, 7) is 6.71. The number of aromatic carboxylic acids is 1. The number of H-pyrrole nitrogens is 1. The SMILES string of the molecule is CN(c1ccc(C(=O)O)c2[nH]c(I)cc12)C1CN(C(=O)OC(C)(C)C)C1. The summed E-state index contributed by atoms with van der Waals surface area (Å²) in [6, 6.07) is 5.55. The number of nitrogens with zero attached hydrogens (tertiary/aromatic N) is 2. The number of carboxylic acid groups (broad SMARTS) is 1. The van der Waals surface area contributed by atoms with Gasteiger partial charge in [0.2, 0.25) is 0 Å². The van der Waals surface area contributed by atoms with Crippen LogP contribution < -0.4 is 4.90 Å². The zero-order valence-electron chi connectivity index (χ0n) is 15.2. The highest BCUT2D eigenvalue weighted by Gasteiger charge is 2.36. The van der Waals surface area contributed by atoms with E-state index in [0.717, 1.165) is 14.8 Å². The van der Waals surface area contributed by atoms with Gasteiger partial charge in [-0.1, -0.05) is 0 Å². The maximum Gasteiger partial charge on any atom is 0.410 e. The number of amides is 1. The summed E-state index contributed by atoms with van der Waals surface area (Å²) in [5.41, 5.74) is 1.31. The van der Waals surface area contributed by atoms with E-state index < -0.39 is 11.6 Å². The van der Waals surface area contributed by atoms with Gasteiger partial charge < -0.3 is 24.6 Å². The zero-order chi connectivity index (χ0) is 19.2. The highest BCUT2D eigenvalue weighted by Crippen LogP contribution is 2.33. The molecule has 26 heavy (non-hydrogen) atoms. The summed E-state index contributed by atoms with van der Waals surface area (Å²) in [5, 5.41) is 10.3. The molecule has 2 heterocycles. The van der Waals surface area contributed by atoms with Crippen molar-refractivity contribution in [1.29, 1.82) is 0 Å². The third kappa shape index (κ3) is 3.60. The van der Waals surface area contributed by atoms with Crippen LogP contribution in [0, 0.1) is 3.70 Å². The maximum absolute atomic E-state index is 12.1. The number of ether oxygens (including phenoxy) is 1. The first-order valence-corrected chi connectivity index (χ1v) is 9.40. The predicted octanol–water partition coefficient (Wildman–Crippen LogP) is 3.53. The van der Waals surface area contributed by atoms with Crippen molar-refractivity contribution < 1.29 is 19.4 Å². The first-order valence-electron chi connectivity index (χ1n) is 8.32. The molecule has 0 unspecified atom stereocenters. The van der Waals surface area contributed by atoms with Crippen LogP contribution in [0.2, 0.25) is 0 Å². The van der Waals surface area contributed by atoms with E-state index in [0.29, 0.717) is 18.6 Å². The Balaban J connectivity index is 1.78. The van der Waals surface area contributed by atoms with Crippen molar-refractivity contribution in [2.45, 2.75) is 32.4 Å². The average Bonchev–Trinajstić information content (AvgIpc) is 2.82. The monoisotopic (exact) mass is 471 g/mol. The molecule has 1 aliphatic rings. The lowest BCUT2D eigenvalue weighted by Gasteiger charge is -2.45. The van der Waals surface area contributed by atoms with Gasteiger partial charge in [-0.05, 0) is 61.6 Å². The van der Waals surface area contributed by atoms with Crippen molar-refractivity contribution in [1.82, 2.24) is 9.88 Å². The molecule has 7 nitrogen and oxygen atoms in total. The topological polar surface area (TPSA) is 85.9 Å². The fraction of sp³-hybridized carbons (Fsp3) is 0.444. The number of likely N-dealkylation sites (tertiary alicyclic amines) is 1. The van der Waals surface area contributed by atoms with E-state index in [4.69, 9.17) is 4.74 Å². The Morgan fingerprint density at radius 3 is 2.58 bits per heavy atom. The molecule has 0 saturated carbocycles. The Kier molecular flexibility index (Phi) is 4.80. The Morgan fingerprint density at radius 1 is 1.35 bits per heavy atom. The molecule has 1 fully saturated rings. The Labute approximate surface area is 165 Å². The fourth-order valence-electron chi connectivity index (χ4n) is 3.03. The average molecular weight is 471 g/mol. The second-order valence-electron chi connectivity index (χ2n) is 7.49. The second kappa shape index (κ2) is 6.64. The molecular formula is C18H22IN3O4. The van der Waals surface area contributed by atoms with Crippen molar-refractivity contribution in [2.75, 3.05) is 25.0 Å². The normalized spacial score (nSPS) is 15.0. The van der Waals surface area contributed by atoms with Crippen LogP contribution in [0.4, 0.5) is 10.5 Å². The van der Waals surface area contributed by atoms with Gasteiger partial charge in [0, 0.05) is 31.2 Å². The summed E-state index contributed by atoms with van der Waals surface area (Å²) in [6.07, 6.45) is -0.301. The predicted molar refractivity (Wildman–Crippen MR) is 108 cm³/mol. The number of benzene rings is 1. The number of hydrogen-bond acceptors (Lipinski definition) is 4. The van der Waals surface area contributed by atoms with Crippen molar-refractivity contribution in [3.05, 3.63) is 27.5 Å². The summed E-state index contributed by atoms with van der Waals surface area (Å²) >= 11 is 2.14. The van der Waals surface area contributed by atoms with Crippen molar-refractivity contribution in [3.8, 4) is 0 Å². The highest BCUT2D eigenvalue weighted by atomic mass is 127. The molecule has 1 aliphatic heterocycles. The van der Waals surface area contributed by atoms with E-state index in [9.17, 15) is 14.7 Å². The highest BCUT2D eigenvalue weighted by molar-refractivity contribution is 14.1. The number of carbonyl (C=O) groups is 2. The van der Waals surface area contributed by atoms with Crippen LogP contribution in [-0.2, 0) is 4.74 Å².